The summed E-state index contributed by atoms with van der Waals surface area (Å²) in [5, 5.41) is 3.95. The Morgan fingerprint density at radius 1 is 1.44 bits per heavy atom. The second-order valence-corrected chi connectivity index (χ2v) is 3.40. The molecule has 1 aromatic carbocycles. The smallest absolute Gasteiger partial charge is 0.215 e. The van der Waals surface area contributed by atoms with Crippen LogP contribution in [-0.2, 0) is 7.05 Å². The third-order valence-corrected chi connectivity index (χ3v) is 2.24. The SMILES string of the molecule is Cn1ccc(C(=O)c2cccc(F)c2N)n1. The van der Waals surface area contributed by atoms with E-state index in [0.717, 1.165) is 0 Å². The predicted molar refractivity (Wildman–Crippen MR) is 57.5 cm³/mol. The van der Waals surface area contributed by atoms with Crippen LogP contribution < -0.4 is 5.73 Å². The Kier molecular flexibility index (Phi) is 2.44. The molecule has 2 N–H and O–H groups in total. The van der Waals surface area contributed by atoms with Crippen molar-refractivity contribution in [1.82, 2.24) is 9.78 Å². The zero-order valence-corrected chi connectivity index (χ0v) is 8.64. The molecular weight excluding hydrogens is 209 g/mol. The fourth-order valence-corrected chi connectivity index (χ4v) is 1.41. The molecule has 1 aromatic heterocycles. The summed E-state index contributed by atoms with van der Waals surface area (Å²) < 4.78 is 14.7. The number of nitrogens with two attached hydrogens (primary N) is 1. The predicted octanol–water partition coefficient (Wildman–Crippen LogP) is 1.37. The number of rotatable bonds is 2. The molecule has 4 nitrogen and oxygen atoms in total. The summed E-state index contributed by atoms with van der Waals surface area (Å²) in [6.45, 7) is 0. The number of nitrogen functional groups attached to an aromatic ring is 1. The van der Waals surface area contributed by atoms with E-state index in [1.165, 1.54) is 22.9 Å². The van der Waals surface area contributed by atoms with E-state index in [0.29, 0.717) is 0 Å². The van der Waals surface area contributed by atoms with Crippen molar-refractivity contribution in [2.75, 3.05) is 5.73 Å². The topological polar surface area (TPSA) is 60.9 Å². The Morgan fingerprint density at radius 3 is 2.81 bits per heavy atom. The lowest BCUT2D eigenvalue weighted by molar-refractivity contribution is 0.103. The number of benzene rings is 1. The monoisotopic (exact) mass is 219 g/mol. The van der Waals surface area contributed by atoms with E-state index >= 15 is 0 Å². The second kappa shape index (κ2) is 3.77. The lowest BCUT2D eigenvalue weighted by atomic mass is 10.1. The third-order valence-electron chi connectivity index (χ3n) is 2.24. The van der Waals surface area contributed by atoms with Crippen molar-refractivity contribution in [3.05, 3.63) is 47.5 Å². The molecule has 0 bridgehead atoms. The van der Waals surface area contributed by atoms with E-state index in [-0.39, 0.29) is 22.7 Å². The van der Waals surface area contributed by atoms with Gasteiger partial charge in [0.25, 0.3) is 0 Å². The van der Waals surface area contributed by atoms with E-state index in [1.54, 1.807) is 19.3 Å². The number of ketones is 1. The van der Waals surface area contributed by atoms with Crippen molar-refractivity contribution in [2.24, 2.45) is 7.05 Å². The molecule has 5 heteroatoms. The normalized spacial score (nSPS) is 10.4. The van der Waals surface area contributed by atoms with Crippen LogP contribution in [0.2, 0.25) is 0 Å². The van der Waals surface area contributed by atoms with E-state index in [2.05, 4.69) is 5.10 Å². The van der Waals surface area contributed by atoms with Gasteiger partial charge in [-0.3, -0.25) is 9.48 Å². The molecular formula is C11H10FN3O. The van der Waals surface area contributed by atoms with E-state index < -0.39 is 5.82 Å². The Morgan fingerprint density at radius 2 is 2.19 bits per heavy atom. The van der Waals surface area contributed by atoms with Gasteiger partial charge in [-0.2, -0.15) is 5.10 Å². The number of aryl methyl sites for hydroxylation is 1. The standard InChI is InChI=1S/C11H10FN3O/c1-15-6-5-9(14-15)11(16)7-3-2-4-8(12)10(7)13/h2-6H,13H2,1H3. The van der Waals surface area contributed by atoms with Gasteiger partial charge in [-0.1, -0.05) is 6.07 Å². The molecule has 0 amide bonds. The van der Waals surface area contributed by atoms with Crippen LogP contribution in [0, 0.1) is 5.82 Å². The molecule has 0 unspecified atom stereocenters. The van der Waals surface area contributed by atoms with Gasteiger partial charge in [0.05, 0.1) is 11.3 Å². The van der Waals surface area contributed by atoms with Gasteiger partial charge in [0.2, 0.25) is 5.78 Å². The quantitative estimate of drug-likeness (QED) is 0.613. The average molecular weight is 219 g/mol. The van der Waals surface area contributed by atoms with Crippen LogP contribution in [-0.4, -0.2) is 15.6 Å². The van der Waals surface area contributed by atoms with Crippen LogP contribution in [0.4, 0.5) is 10.1 Å². The first kappa shape index (κ1) is 10.4. The minimum Gasteiger partial charge on any atom is -0.396 e. The number of anilines is 1. The second-order valence-electron chi connectivity index (χ2n) is 3.40. The molecule has 0 radical (unpaired) electrons. The van der Waals surface area contributed by atoms with E-state index in [9.17, 15) is 9.18 Å². The first-order chi connectivity index (χ1) is 7.59. The zero-order valence-electron chi connectivity index (χ0n) is 8.64. The first-order valence-electron chi connectivity index (χ1n) is 4.68. The summed E-state index contributed by atoms with van der Waals surface area (Å²) in [4.78, 5) is 11.9. The Labute approximate surface area is 91.5 Å². The average Bonchev–Trinajstić information content (AvgIpc) is 2.68. The summed E-state index contributed by atoms with van der Waals surface area (Å²) in [7, 11) is 1.70. The van der Waals surface area contributed by atoms with Crippen LogP contribution in [0.3, 0.4) is 0 Å². The third kappa shape index (κ3) is 1.67. The van der Waals surface area contributed by atoms with Crippen LogP contribution in [0.25, 0.3) is 0 Å². The molecule has 0 spiro atoms. The molecule has 1 heterocycles. The molecule has 2 aromatic rings. The maximum absolute atomic E-state index is 13.2. The number of nitrogens with zero attached hydrogens (tertiary/aromatic N) is 2. The largest absolute Gasteiger partial charge is 0.396 e. The number of para-hydroxylation sites is 1. The highest BCUT2D eigenvalue weighted by molar-refractivity contribution is 6.10. The highest BCUT2D eigenvalue weighted by Crippen LogP contribution is 2.18. The molecule has 2 rings (SSSR count). The number of hydrogen-bond acceptors (Lipinski definition) is 3. The first-order valence-corrected chi connectivity index (χ1v) is 4.68. The van der Waals surface area contributed by atoms with Gasteiger partial charge in [-0.25, -0.2) is 4.39 Å². The van der Waals surface area contributed by atoms with Crippen LogP contribution in [0.5, 0.6) is 0 Å². The molecule has 0 fully saturated rings. The fourth-order valence-electron chi connectivity index (χ4n) is 1.41. The highest BCUT2D eigenvalue weighted by atomic mass is 19.1. The summed E-state index contributed by atoms with van der Waals surface area (Å²) in [6.07, 6.45) is 1.64. The Hall–Kier alpha value is -2.17. The van der Waals surface area contributed by atoms with E-state index in [1.807, 2.05) is 0 Å². The Bertz CT molecular complexity index is 548. The molecule has 0 saturated carbocycles. The van der Waals surface area contributed by atoms with Gasteiger partial charge in [-0.05, 0) is 18.2 Å². The summed E-state index contributed by atoms with van der Waals surface area (Å²) in [5.74, 6) is -0.973. The van der Waals surface area contributed by atoms with Crippen molar-refractivity contribution in [3.63, 3.8) is 0 Å². The molecule has 82 valence electrons. The maximum Gasteiger partial charge on any atom is 0.215 e. The number of carbonyl (C=O) groups excluding carboxylic acids is 1. The highest BCUT2D eigenvalue weighted by Gasteiger charge is 2.16. The summed E-state index contributed by atoms with van der Waals surface area (Å²) in [6, 6.07) is 5.70. The van der Waals surface area contributed by atoms with Gasteiger partial charge in [0, 0.05) is 13.2 Å². The van der Waals surface area contributed by atoms with Crippen molar-refractivity contribution >= 4 is 11.5 Å². The summed E-state index contributed by atoms with van der Waals surface area (Å²) >= 11 is 0. The van der Waals surface area contributed by atoms with Gasteiger partial charge in [0.15, 0.2) is 0 Å². The van der Waals surface area contributed by atoms with Gasteiger partial charge in [0.1, 0.15) is 11.5 Å². The lowest BCUT2D eigenvalue weighted by Crippen LogP contribution is -2.08. The van der Waals surface area contributed by atoms with Gasteiger partial charge >= 0.3 is 0 Å². The number of hydrogen-bond donors (Lipinski definition) is 1. The molecule has 16 heavy (non-hydrogen) atoms. The zero-order chi connectivity index (χ0) is 11.7. The Balaban J connectivity index is 2.45. The molecule has 0 aliphatic heterocycles. The molecule has 0 saturated heterocycles. The molecule has 0 aliphatic carbocycles. The number of carbonyl (C=O) groups is 1. The number of halogens is 1. The van der Waals surface area contributed by atoms with Crippen LogP contribution in [0.1, 0.15) is 16.1 Å². The van der Waals surface area contributed by atoms with Gasteiger partial charge < -0.3 is 5.73 Å². The molecule has 0 atom stereocenters. The maximum atomic E-state index is 13.2. The van der Waals surface area contributed by atoms with Crippen molar-refractivity contribution < 1.29 is 9.18 Å². The minimum absolute atomic E-state index is 0.138. The van der Waals surface area contributed by atoms with Crippen molar-refractivity contribution in [3.8, 4) is 0 Å². The van der Waals surface area contributed by atoms with Gasteiger partial charge in [-0.15, -0.1) is 0 Å². The minimum atomic E-state index is -0.596. The van der Waals surface area contributed by atoms with Crippen molar-refractivity contribution in [2.45, 2.75) is 0 Å². The fraction of sp³-hybridized carbons (Fsp3) is 0.0909. The van der Waals surface area contributed by atoms with E-state index in [4.69, 9.17) is 5.73 Å². The van der Waals surface area contributed by atoms with Crippen molar-refractivity contribution in [1.29, 1.82) is 0 Å². The van der Waals surface area contributed by atoms with Crippen LogP contribution in [0.15, 0.2) is 30.5 Å². The molecule has 0 aliphatic rings. The summed E-state index contributed by atoms with van der Waals surface area (Å²) in [5.41, 5.74) is 5.74. The number of aromatic nitrogens is 2. The lowest BCUT2D eigenvalue weighted by Gasteiger charge is -2.03. The van der Waals surface area contributed by atoms with Crippen LogP contribution >= 0.6 is 0 Å².